The van der Waals surface area contributed by atoms with Crippen molar-refractivity contribution in [1.29, 1.82) is 0 Å². The molecule has 13 rings (SSSR count). The first-order valence-electron chi connectivity index (χ1n) is 24.7. The molecule has 13 aromatic rings. The first-order valence-corrected chi connectivity index (χ1v) is 24.7. The molecule has 0 unspecified atom stereocenters. The summed E-state index contributed by atoms with van der Waals surface area (Å²) in [7, 11) is 0. The molecular formula is C68H48N4O. The maximum absolute atomic E-state index is 6.61. The molecule has 0 aliphatic carbocycles. The normalized spacial score (nSPS) is 11.3. The van der Waals surface area contributed by atoms with Crippen molar-refractivity contribution in [3.05, 3.63) is 291 Å². The van der Waals surface area contributed by atoms with E-state index in [-0.39, 0.29) is 0 Å². The SMILES string of the molecule is c1ccc(N(c2ccc(N(c3ccccc3)c3ccc4oc5ccc(N(c6ccccc6)c6ccc(N(c7ccccc7)c7cccc8ccccc78)cc6)cc5c4c3)cc2)c2ccc3ccccc3c2)cc1. The van der Waals surface area contributed by atoms with Crippen LogP contribution in [0.5, 0.6) is 0 Å². The third kappa shape index (κ3) is 8.25. The van der Waals surface area contributed by atoms with Crippen LogP contribution in [0.2, 0.25) is 0 Å². The van der Waals surface area contributed by atoms with Gasteiger partial charge in [-0.25, -0.2) is 0 Å². The molecule has 5 heteroatoms. The Labute approximate surface area is 424 Å². The standard InChI is InChI=1S/C68H48N4O/c1-5-22-52(23-6-1)69(60-33-32-49-18-13-14-20-51(49)46-60)56-34-36-57(37-35-56)70(53-24-7-2-8-25-53)61-42-44-67-64(47-61)65-48-62(43-45-68(65)73-67)71(54-26-9-3-10-27-54)58-38-40-59(41-39-58)72(55-28-11-4-12-29-55)66-31-17-21-50-19-15-16-30-63(50)66/h1-48H. The largest absolute Gasteiger partial charge is 0.456 e. The molecule has 0 amide bonds. The van der Waals surface area contributed by atoms with Crippen molar-refractivity contribution in [2.75, 3.05) is 19.6 Å². The fourth-order valence-corrected chi connectivity index (χ4v) is 10.3. The maximum Gasteiger partial charge on any atom is 0.135 e. The fraction of sp³-hybridized carbons (Fsp3) is 0. The minimum absolute atomic E-state index is 0.832. The van der Waals surface area contributed by atoms with Crippen LogP contribution < -0.4 is 19.6 Å². The highest BCUT2D eigenvalue weighted by Gasteiger charge is 2.21. The number of furan rings is 1. The van der Waals surface area contributed by atoms with E-state index in [1.165, 1.54) is 21.5 Å². The summed E-state index contributed by atoms with van der Waals surface area (Å²) < 4.78 is 6.61. The Morgan fingerprint density at radius 1 is 0.192 bits per heavy atom. The van der Waals surface area contributed by atoms with E-state index in [9.17, 15) is 0 Å². The van der Waals surface area contributed by atoms with Crippen LogP contribution >= 0.6 is 0 Å². The highest BCUT2D eigenvalue weighted by Crippen LogP contribution is 2.45. The highest BCUT2D eigenvalue weighted by molar-refractivity contribution is 6.08. The van der Waals surface area contributed by atoms with Gasteiger partial charge in [0.1, 0.15) is 11.2 Å². The fourth-order valence-electron chi connectivity index (χ4n) is 10.3. The van der Waals surface area contributed by atoms with Gasteiger partial charge >= 0.3 is 0 Å². The van der Waals surface area contributed by atoms with Crippen LogP contribution in [-0.4, -0.2) is 0 Å². The minimum atomic E-state index is 0.832. The Morgan fingerprint density at radius 3 is 1.00 bits per heavy atom. The molecule has 0 N–H and O–H groups in total. The lowest BCUT2D eigenvalue weighted by molar-refractivity contribution is 0.669. The van der Waals surface area contributed by atoms with Crippen molar-refractivity contribution in [3.63, 3.8) is 0 Å². The molecular weight excluding hydrogens is 889 g/mol. The molecule has 1 aromatic heterocycles. The number of para-hydroxylation sites is 4. The molecule has 0 aliphatic heterocycles. The predicted octanol–water partition coefficient (Wildman–Crippen LogP) is 19.8. The molecule has 0 bridgehead atoms. The molecule has 0 radical (unpaired) electrons. The van der Waals surface area contributed by atoms with Gasteiger partial charge < -0.3 is 24.0 Å². The lowest BCUT2D eigenvalue weighted by Gasteiger charge is -2.29. The van der Waals surface area contributed by atoms with Crippen molar-refractivity contribution in [2.24, 2.45) is 0 Å². The summed E-state index contributed by atoms with van der Waals surface area (Å²) >= 11 is 0. The third-order valence-corrected chi connectivity index (χ3v) is 13.7. The average molecular weight is 937 g/mol. The molecule has 12 aromatic carbocycles. The van der Waals surface area contributed by atoms with Crippen LogP contribution in [-0.2, 0) is 0 Å². The van der Waals surface area contributed by atoms with E-state index >= 15 is 0 Å². The summed E-state index contributed by atoms with van der Waals surface area (Å²) in [5, 5.41) is 6.89. The van der Waals surface area contributed by atoms with E-state index in [1.54, 1.807) is 0 Å². The van der Waals surface area contributed by atoms with Crippen molar-refractivity contribution in [3.8, 4) is 0 Å². The minimum Gasteiger partial charge on any atom is -0.456 e. The van der Waals surface area contributed by atoms with Crippen LogP contribution in [0.3, 0.4) is 0 Å². The van der Waals surface area contributed by atoms with Gasteiger partial charge in [0.05, 0.1) is 5.69 Å². The van der Waals surface area contributed by atoms with Gasteiger partial charge in [-0.3, -0.25) is 0 Å². The Balaban J connectivity index is 0.884. The second-order valence-electron chi connectivity index (χ2n) is 18.2. The van der Waals surface area contributed by atoms with Gasteiger partial charge in [-0.05, 0) is 168 Å². The zero-order valence-electron chi connectivity index (χ0n) is 39.9. The van der Waals surface area contributed by atoms with E-state index in [0.29, 0.717) is 0 Å². The van der Waals surface area contributed by atoms with Crippen LogP contribution in [0.1, 0.15) is 0 Å². The van der Waals surface area contributed by atoms with Gasteiger partial charge in [-0.1, -0.05) is 140 Å². The zero-order valence-corrected chi connectivity index (χ0v) is 39.9. The summed E-state index contributed by atoms with van der Waals surface area (Å²) in [5.41, 5.74) is 14.5. The van der Waals surface area contributed by atoms with Crippen molar-refractivity contribution >= 4 is 112 Å². The summed E-state index contributed by atoms with van der Waals surface area (Å²) in [6.45, 7) is 0. The Morgan fingerprint density at radius 2 is 0.521 bits per heavy atom. The van der Waals surface area contributed by atoms with Crippen LogP contribution in [0.25, 0.3) is 43.5 Å². The van der Waals surface area contributed by atoms with Crippen molar-refractivity contribution in [1.82, 2.24) is 0 Å². The van der Waals surface area contributed by atoms with Gasteiger partial charge in [0, 0.05) is 78.7 Å². The molecule has 0 aliphatic rings. The molecule has 346 valence electrons. The quantitative estimate of drug-likeness (QED) is 0.122. The maximum atomic E-state index is 6.61. The van der Waals surface area contributed by atoms with Gasteiger partial charge in [-0.15, -0.1) is 0 Å². The average Bonchev–Trinajstić information content (AvgIpc) is 3.83. The smallest absolute Gasteiger partial charge is 0.135 e. The molecule has 73 heavy (non-hydrogen) atoms. The Bertz CT molecular complexity index is 4020. The number of anilines is 12. The Hall–Kier alpha value is -9.84. The lowest BCUT2D eigenvalue weighted by atomic mass is 10.1. The molecule has 5 nitrogen and oxygen atoms in total. The molecule has 0 spiro atoms. The monoisotopic (exact) mass is 936 g/mol. The van der Waals surface area contributed by atoms with E-state index in [0.717, 1.165) is 90.2 Å². The van der Waals surface area contributed by atoms with Crippen LogP contribution in [0.15, 0.2) is 296 Å². The number of hydrogen-bond donors (Lipinski definition) is 0. The molecule has 0 saturated heterocycles. The molecule has 0 fully saturated rings. The summed E-state index contributed by atoms with van der Waals surface area (Å²) in [6, 6.07) is 104. The topological polar surface area (TPSA) is 26.1 Å². The summed E-state index contributed by atoms with van der Waals surface area (Å²) in [4.78, 5) is 9.32. The second-order valence-corrected chi connectivity index (χ2v) is 18.2. The number of hydrogen-bond acceptors (Lipinski definition) is 5. The van der Waals surface area contributed by atoms with Crippen molar-refractivity contribution < 1.29 is 4.42 Å². The first kappa shape index (κ1) is 43.2. The Kier molecular flexibility index (Phi) is 11.1. The van der Waals surface area contributed by atoms with Gasteiger partial charge in [0.2, 0.25) is 0 Å². The van der Waals surface area contributed by atoms with E-state index in [2.05, 4.69) is 311 Å². The number of nitrogens with zero attached hydrogens (tertiary/aromatic N) is 4. The number of benzene rings is 12. The molecule has 1 heterocycles. The van der Waals surface area contributed by atoms with Crippen LogP contribution in [0, 0.1) is 0 Å². The number of rotatable bonds is 12. The highest BCUT2D eigenvalue weighted by atomic mass is 16.3. The van der Waals surface area contributed by atoms with Crippen molar-refractivity contribution in [2.45, 2.75) is 0 Å². The number of fused-ring (bicyclic) bond motifs is 5. The third-order valence-electron chi connectivity index (χ3n) is 13.7. The summed E-state index contributed by atoms with van der Waals surface area (Å²) in [6.07, 6.45) is 0. The second kappa shape index (κ2) is 18.8. The van der Waals surface area contributed by atoms with Gasteiger partial charge in [-0.2, -0.15) is 0 Å². The molecule has 0 atom stereocenters. The van der Waals surface area contributed by atoms with Gasteiger partial charge in [0.25, 0.3) is 0 Å². The summed E-state index contributed by atoms with van der Waals surface area (Å²) in [5.74, 6) is 0. The van der Waals surface area contributed by atoms with E-state index < -0.39 is 0 Å². The predicted molar refractivity (Wildman–Crippen MR) is 307 cm³/mol. The van der Waals surface area contributed by atoms with E-state index in [4.69, 9.17) is 4.42 Å². The zero-order chi connectivity index (χ0) is 48.5. The van der Waals surface area contributed by atoms with Crippen LogP contribution in [0.4, 0.5) is 68.2 Å². The van der Waals surface area contributed by atoms with Gasteiger partial charge in [0.15, 0.2) is 0 Å². The molecule has 0 saturated carbocycles. The lowest BCUT2D eigenvalue weighted by Crippen LogP contribution is -2.12. The first-order chi connectivity index (χ1) is 36.2. The van der Waals surface area contributed by atoms with E-state index in [1.807, 2.05) is 0 Å².